The van der Waals surface area contributed by atoms with Crippen molar-refractivity contribution in [2.75, 3.05) is 72.2 Å². The topological polar surface area (TPSA) is 156 Å². The third-order valence-corrected chi connectivity index (χ3v) is 18.7. The number of fused-ring (bicyclic) bond motifs is 1. The summed E-state index contributed by atoms with van der Waals surface area (Å²) in [6.45, 7) is 50.0. The van der Waals surface area contributed by atoms with Crippen molar-refractivity contribution in [3.63, 3.8) is 0 Å². The number of likely N-dealkylation sites (tertiary alicyclic amines) is 2. The number of nitrogens with zero attached hydrogens (tertiary/aromatic N) is 7. The zero-order valence-electron chi connectivity index (χ0n) is 61.3. The largest absolute Gasteiger partial charge is 0.486 e. The number of aromatic nitrogens is 4. The Labute approximate surface area is 565 Å². The van der Waals surface area contributed by atoms with Crippen LogP contribution in [0.1, 0.15) is 228 Å². The average Bonchev–Trinajstić information content (AvgIpc) is 1.67. The van der Waals surface area contributed by atoms with Gasteiger partial charge in [0.05, 0.1) is 42.9 Å². The molecule has 5 aromatic rings. The number of hydrogen-bond acceptors (Lipinski definition) is 12. The van der Waals surface area contributed by atoms with Crippen molar-refractivity contribution in [3.05, 3.63) is 119 Å². The van der Waals surface area contributed by atoms with Crippen LogP contribution < -0.4 is 16.6 Å². The normalized spacial score (nSPS) is 16.6. The quantitative estimate of drug-likeness (QED) is 0.0118. The molecular formula is C79H128N10O4. The first-order valence-electron chi connectivity index (χ1n) is 36.3. The molecule has 0 bridgehead atoms. The van der Waals surface area contributed by atoms with Crippen LogP contribution in [-0.4, -0.2) is 131 Å². The molecule has 1 aromatic carbocycles. The molecule has 3 saturated heterocycles. The summed E-state index contributed by atoms with van der Waals surface area (Å²) in [6, 6.07) is 20.3. The smallest absolute Gasteiger partial charge is 0.221 e. The molecule has 1 spiro atoms. The highest BCUT2D eigenvalue weighted by Crippen LogP contribution is 2.43. The molecule has 7 heterocycles. The van der Waals surface area contributed by atoms with Gasteiger partial charge >= 0.3 is 0 Å². The number of nitrogens with one attached hydrogen (secondary N) is 2. The second-order valence-electron chi connectivity index (χ2n) is 27.7. The Bertz CT molecular complexity index is 2940. The Morgan fingerprint density at radius 2 is 1.60 bits per heavy atom. The first-order chi connectivity index (χ1) is 44.8. The van der Waals surface area contributed by atoms with E-state index < -0.39 is 0 Å². The summed E-state index contributed by atoms with van der Waals surface area (Å²) < 4.78 is 13.5. The molecule has 4 aromatic heterocycles. The van der Waals surface area contributed by atoms with Crippen molar-refractivity contribution in [2.45, 2.75) is 238 Å². The molecule has 4 N–H and O–H groups in total. The van der Waals surface area contributed by atoms with Gasteiger partial charge in [0.1, 0.15) is 0 Å². The minimum Gasteiger partial charge on any atom is -0.486 e. The first-order valence-corrected chi connectivity index (χ1v) is 36.3. The molecule has 3 aliphatic rings. The van der Waals surface area contributed by atoms with Crippen LogP contribution in [0.5, 0.6) is 0 Å². The van der Waals surface area contributed by atoms with E-state index >= 15 is 0 Å². The van der Waals surface area contributed by atoms with E-state index in [9.17, 15) is 9.59 Å². The second-order valence-corrected chi connectivity index (χ2v) is 27.7. The van der Waals surface area contributed by atoms with Crippen molar-refractivity contribution < 1.29 is 19.1 Å². The van der Waals surface area contributed by atoms with Gasteiger partial charge in [-0.15, -0.1) is 0 Å². The number of amides is 1. The van der Waals surface area contributed by atoms with Crippen molar-refractivity contribution in [3.8, 4) is 22.5 Å². The molecular weight excluding hydrogens is 1150 g/mol. The third kappa shape index (κ3) is 25.1. The molecule has 5 atom stereocenters. The molecule has 0 radical (unpaired) electrons. The van der Waals surface area contributed by atoms with Crippen LogP contribution in [0.15, 0.2) is 96.9 Å². The summed E-state index contributed by atoms with van der Waals surface area (Å²) in [7, 11) is 0. The third-order valence-electron chi connectivity index (χ3n) is 18.7. The summed E-state index contributed by atoms with van der Waals surface area (Å²) in [5.41, 5.74) is 23.8. The fourth-order valence-corrected chi connectivity index (χ4v) is 13.7. The Morgan fingerprint density at radius 3 is 2.19 bits per heavy atom. The number of benzene rings is 1. The van der Waals surface area contributed by atoms with Gasteiger partial charge in [-0.3, -0.25) is 30.1 Å². The molecule has 0 aliphatic carbocycles. The lowest BCUT2D eigenvalue weighted by molar-refractivity contribution is -0.188. The zero-order chi connectivity index (χ0) is 68.3. The van der Waals surface area contributed by atoms with Gasteiger partial charge in [-0.25, -0.2) is 10.2 Å². The number of allylic oxidation sites excluding steroid dienone is 2. The van der Waals surface area contributed by atoms with E-state index in [-0.39, 0.29) is 11.2 Å². The lowest BCUT2D eigenvalue weighted by atomic mass is 9.78. The number of ether oxygens (including phenoxy) is 2. The van der Waals surface area contributed by atoms with Crippen LogP contribution in [0, 0.1) is 29.6 Å². The highest BCUT2D eigenvalue weighted by molar-refractivity contribution is 5.95. The maximum Gasteiger partial charge on any atom is 0.221 e. The van der Waals surface area contributed by atoms with Crippen LogP contribution in [0.25, 0.3) is 33.4 Å². The van der Waals surface area contributed by atoms with Crippen molar-refractivity contribution in [2.24, 2.45) is 28.4 Å². The molecule has 8 rings (SSSR count). The van der Waals surface area contributed by atoms with Crippen LogP contribution in [-0.2, 0) is 32.0 Å². The first kappa shape index (κ1) is 79.7. The highest BCUT2D eigenvalue weighted by atomic mass is 16.5. The summed E-state index contributed by atoms with van der Waals surface area (Å²) in [5.74, 6) is 4.46. The van der Waals surface area contributed by atoms with E-state index in [2.05, 4.69) is 186 Å². The standard InChI is InChI=1S/C34H41N3O2.C19H31N3.C12H23N3O2.C12H27N.C2H6/c1-8-12-24(4)32-28(17-23(3)20-36-32)33-29(19-34(6,7)22-39-25(5)21-38)27-18-26(30-13-10-11-16-35-30)14-15-31(27)37(33)9-2;1-5-7-17(20)19(14(2)3)22-13-6-8-18(22)15(4)16-9-11-21-12-10-16;16-11-14-13-5-3-1-2-4-6-15-7-12(8-15)9-17-10-12;1-5-9-13(10-6-2)11-8-12(4)7-3;1-2/h10-11,13-18,20,24H,8-9,12,19,22H2,1-7H3;7,9-12,14-15,18-19H,5-6,8,13,20H2,1-4H3;11,13H,1-10H2,(H,14,16);12H,5-11H2,1-4H3;1-2H3/b;17-7-;;;. The molecule has 0 saturated carbocycles. The van der Waals surface area contributed by atoms with Gasteiger partial charge in [0, 0.05) is 102 Å². The van der Waals surface area contributed by atoms with E-state index in [1.54, 1.807) is 6.92 Å². The number of carbonyl (C=O) groups excluding carboxylic acids is 2. The summed E-state index contributed by atoms with van der Waals surface area (Å²) >= 11 is 0. The summed E-state index contributed by atoms with van der Waals surface area (Å²) in [6.07, 6.45) is 27.2. The Kier molecular flexibility index (Phi) is 36.6. The maximum absolute atomic E-state index is 11.1. The van der Waals surface area contributed by atoms with E-state index in [1.165, 1.54) is 130 Å². The van der Waals surface area contributed by atoms with E-state index in [0.29, 0.717) is 48.3 Å². The molecule has 3 aliphatic heterocycles. The zero-order valence-corrected chi connectivity index (χ0v) is 61.3. The molecule has 14 heteroatoms. The summed E-state index contributed by atoms with van der Waals surface area (Å²) in [4.78, 5) is 42.6. The average molecular weight is 1280 g/mol. The van der Waals surface area contributed by atoms with Gasteiger partial charge in [-0.1, -0.05) is 141 Å². The molecule has 5 unspecified atom stereocenters. The van der Waals surface area contributed by atoms with Crippen LogP contribution in [0.2, 0.25) is 0 Å². The molecule has 518 valence electrons. The van der Waals surface area contributed by atoms with Gasteiger partial charge in [0.2, 0.25) is 6.41 Å². The Morgan fingerprint density at radius 1 is 0.892 bits per heavy atom. The predicted molar refractivity (Wildman–Crippen MR) is 392 cm³/mol. The van der Waals surface area contributed by atoms with Crippen LogP contribution in [0.3, 0.4) is 0 Å². The second kappa shape index (κ2) is 42.7. The monoisotopic (exact) mass is 1280 g/mol. The lowest BCUT2D eigenvalue weighted by Crippen LogP contribution is -2.65. The number of nitrogens with two attached hydrogens (primary N) is 1. The Balaban J connectivity index is 0.000000288. The Hall–Kier alpha value is -5.73. The number of carbonyl (C=O) groups is 1. The molecule has 3 fully saturated rings. The number of pyridine rings is 3. The van der Waals surface area contributed by atoms with Crippen molar-refractivity contribution in [1.29, 1.82) is 0 Å². The number of unbranched alkanes of at least 4 members (excludes halogenated alkanes) is 3. The highest BCUT2D eigenvalue weighted by Gasteiger charge is 2.48. The number of hydrazine groups is 1. The van der Waals surface area contributed by atoms with E-state index in [0.717, 1.165) is 99.1 Å². The van der Waals surface area contributed by atoms with E-state index in [4.69, 9.17) is 20.2 Å². The predicted octanol–water partition coefficient (Wildman–Crippen LogP) is 16.9. The molecule has 1 amide bonds. The minimum absolute atomic E-state index is 0.229. The van der Waals surface area contributed by atoms with Crippen molar-refractivity contribution in [1.82, 2.24) is 45.1 Å². The maximum atomic E-state index is 11.1. The van der Waals surface area contributed by atoms with Crippen molar-refractivity contribution >= 4 is 23.3 Å². The number of rotatable bonds is 34. The number of aryl methyl sites for hydroxylation is 2. The molecule has 14 nitrogen and oxygen atoms in total. The van der Waals surface area contributed by atoms with Gasteiger partial charge in [-0.2, -0.15) is 0 Å². The van der Waals surface area contributed by atoms with Gasteiger partial charge in [0.25, 0.3) is 0 Å². The lowest BCUT2D eigenvalue weighted by Gasteiger charge is -2.55. The van der Waals surface area contributed by atoms with Gasteiger partial charge in [-0.05, 0) is 194 Å². The van der Waals surface area contributed by atoms with Gasteiger partial charge < -0.3 is 29.6 Å². The SMILES string of the molecule is CC.CC/C=C(\N)C(C(C)C)N1CCCC1C(C)c1ccncc1.CCCC(C)c1ncc(C)cc1-c1c(CC(C)(C)COC(C)=C=O)c2cc(-c3ccccn3)ccc2n1CC.CCCN(CCC)CCC(C)CC.O=CNNCCCCCCN1CC2(COC2)C1. The van der Waals surface area contributed by atoms with Crippen LogP contribution >= 0.6 is 0 Å². The molecule has 93 heavy (non-hydrogen) atoms. The summed E-state index contributed by atoms with van der Waals surface area (Å²) in [5, 5.41) is 1.22. The van der Waals surface area contributed by atoms with E-state index in [1.807, 2.05) is 56.7 Å². The fraction of sp³-hybridized carbons (Fsp3) is 0.646. The van der Waals surface area contributed by atoms with Crippen LogP contribution in [0.4, 0.5) is 0 Å². The van der Waals surface area contributed by atoms with Gasteiger partial charge in [0.15, 0.2) is 11.7 Å². The fourth-order valence-electron chi connectivity index (χ4n) is 13.7. The minimum atomic E-state index is -0.229. The number of hydrogen-bond donors (Lipinski definition) is 3.